The number of anilines is 1. The fourth-order valence-electron chi connectivity index (χ4n) is 1.42. The molecule has 0 aliphatic rings. The normalized spacial score (nSPS) is 13.5. The number of aryl methyl sites for hydroxylation is 2. The van der Waals surface area contributed by atoms with Crippen molar-refractivity contribution in [1.29, 1.82) is 0 Å². The van der Waals surface area contributed by atoms with Crippen molar-refractivity contribution in [3.63, 3.8) is 0 Å². The van der Waals surface area contributed by atoms with E-state index in [1.807, 2.05) is 0 Å². The maximum Gasteiger partial charge on any atom is 0.333 e. The Kier molecular flexibility index (Phi) is 3.42. The number of nitrogens with one attached hydrogen (secondary N) is 1. The Morgan fingerprint density at radius 3 is 2.53 bits per heavy atom. The van der Waals surface area contributed by atoms with E-state index < -0.39 is 16.6 Å². The largest absolute Gasteiger partial charge is 0.391 e. The smallest absolute Gasteiger partial charge is 0.333 e. The molecular formula is C10H18N4O3. The van der Waals surface area contributed by atoms with Gasteiger partial charge < -0.3 is 10.4 Å². The molecule has 0 amide bonds. The second-order valence-electron chi connectivity index (χ2n) is 4.69. The zero-order chi connectivity index (χ0) is 13.4. The third kappa shape index (κ3) is 2.55. The summed E-state index contributed by atoms with van der Waals surface area (Å²) in [6.45, 7) is 6.74. The Bertz CT molecular complexity index is 437. The van der Waals surface area contributed by atoms with Crippen molar-refractivity contribution in [3.05, 3.63) is 15.8 Å². The van der Waals surface area contributed by atoms with Gasteiger partial charge in [0.1, 0.15) is 5.69 Å². The third-order valence-electron chi connectivity index (χ3n) is 2.86. The van der Waals surface area contributed by atoms with E-state index >= 15 is 0 Å². The van der Waals surface area contributed by atoms with Crippen LogP contribution in [-0.2, 0) is 7.05 Å². The molecule has 0 spiro atoms. The van der Waals surface area contributed by atoms with E-state index in [1.165, 1.54) is 4.68 Å². The van der Waals surface area contributed by atoms with Gasteiger partial charge in [-0.15, -0.1) is 0 Å². The number of hydrogen-bond donors (Lipinski definition) is 2. The van der Waals surface area contributed by atoms with Crippen molar-refractivity contribution < 1.29 is 10.0 Å². The summed E-state index contributed by atoms with van der Waals surface area (Å²) in [5.74, 6) is 0.304. The van der Waals surface area contributed by atoms with Crippen molar-refractivity contribution >= 4 is 11.5 Å². The molecule has 1 heterocycles. The van der Waals surface area contributed by atoms with E-state index in [4.69, 9.17) is 0 Å². The van der Waals surface area contributed by atoms with E-state index in [1.54, 1.807) is 34.7 Å². The summed E-state index contributed by atoms with van der Waals surface area (Å²) in [5.41, 5.74) is -0.382. The van der Waals surface area contributed by atoms with Gasteiger partial charge in [-0.2, -0.15) is 5.10 Å². The number of nitrogens with zero attached hydrogens (tertiary/aromatic N) is 3. The van der Waals surface area contributed by atoms with Crippen LogP contribution in [0.25, 0.3) is 0 Å². The second kappa shape index (κ2) is 4.33. The van der Waals surface area contributed by atoms with Gasteiger partial charge in [-0.25, -0.2) is 4.68 Å². The molecule has 0 aliphatic carbocycles. The summed E-state index contributed by atoms with van der Waals surface area (Å²) < 4.78 is 1.41. The van der Waals surface area contributed by atoms with Gasteiger partial charge in [0, 0.05) is 7.05 Å². The number of aliphatic hydroxyl groups is 1. The molecule has 0 fully saturated rings. The quantitative estimate of drug-likeness (QED) is 0.611. The minimum atomic E-state index is -0.676. The van der Waals surface area contributed by atoms with Gasteiger partial charge in [0.25, 0.3) is 0 Å². The van der Waals surface area contributed by atoms with Gasteiger partial charge in [-0.3, -0.25) is 10.1 Å². The molecule has 1 rings (SSSR count). The van der Waals surface area contributed by atoms with Gasteiger partial charge in [0.05, 0.1) is 16.6 Å². The van der Waals surface area contributed by atoms with Crippen molar-refractivity contribution in [2.45, 2.75) is 39.3 Å². The summed E-state index contributed by atoms with van der Waals surface area (Å²) in [6.07, 6.45) is -0.655. The van der Waals surface area contributed by atoms with E-state index in [-0.39, 0.29) is 5.69 Å². The lowest BCUT2D eigenvalue weighted by Gasteiger charge is -2.29. The Hall–Kier alpha value is -1.63. The molecule has 0 bridgehead atoms. The SMILES string of the molecule is Cc1nn(C)c(NC(C)(C)C(C)O)c1[N+](=O)[O-]. The van der Waals surface area contributed by atoms with Crippen LogP contribution in [0, 0.1) is 17.0 Å². The van der Waals surface area contributed by atoms with E-state index in [9.17, 15) is 15.2 Å². The van der Waals surface area contributed by atoms with E-state index in [0.29, 0.717) is 11.5 Å². The zero-order valence-electron chi connectivity index (χ0n) is 10.7. The lowest BCUT2D eigenvalue weighted by Crippen LogP contribution is -2.42. The van der Waals surface area contributed by atoms with Crippen LogP contribution in [-0.4, -0.2) is 31.5 Å². The highest BCUT2D eigenvalue weighted by molar-refractivity contribution is 5.60. The highest BCUT2D eigenvalue weighted by atomic mass is 16.6. The first-order valence-corrected chi connectivity index (χ1v) is 5.31. The average Bonchev–Trinajstić information content (AvgIpc) is 2.40. The first-order valence-electron chi connectivity index (χ1n) is 5.31. The van der Waals surface area contributed by atoms with Crippen LogP contribution in [0.15, 0.2) is 0 Å². The molecule has 1 aromatic rings. The molecule has 0 radical (unpaired) electrons. The molecule has 2 N–H and O–H groups in total. The van der Waals surface area contributed by atoms with Crippen molar-refractivity contribution in [1.82, 2.24) is 9.78 Å². The molecule has 0 saturated carbocycles. The second-order valence-corrected chi connectivity index (χ2v) is 4.69. The summed E-state index contributed by atoms with van der Waals surface area (Å²) in [5, 5.41) is 27.5. The fraction of sp³-hybridized carbons (Fsp3) is 0.700. The molecule has 0 aromatic carbocycles. The van der Waals surface area contributed by atoms with Gasteiger partial charge in [-0.1, -0.05) is 0 Å². The number of hydrogen-bond acceptors (Lipinski definition) is 5. The number of aliphatic hydroxyl groups excluding tert-OH is 1. The topological polar surface area (TPSA) is 93.2 Å². The Morgan fingerprint density at radius 2 is 2.12 bits per heavy atom. The molecule has 7 nitrogen and oxygen atoms in total. The summed E-state index contributed by atoms with van der Waals surface area (Å²) in [4.78, 5) is 10.5. The molecule has 0 saturated heterocycles. The Balaban J connectivity index is 3.19. The Labute approximate surface area is 99.6 Å². The first-order chi connectivity index (χ1) is 7.66. The first kappa shape index (κ1) is 13.4. The fourth-order valence-corrected chi connectivity index (χ4v) is 1.42. The number of aromatic nitrogens is 2. The van der Waals surface area contributed by atoms with E-state index in [0.717, 1.165) is 0 Å². The predicted octanol–water partition coefficient (Wildman–Crippen LogP) is 1.21. The highest BCUT2D eigenvalue weighted by Crippen LogP contribution is 2.30. The minimum Gasteiger partial charge on any atom is -0.391 e. The molecule has 1 aromatic heterocycles. The predicted molar refractivity (Wildman–Crippen MR) is 64.0 cm³/mol. The van der Waals surface area contributed by atoms with Crippen LogP contribution in [0.2, 0.25) is 0 Å². The summed E-state index contributed by atoms with van der Waals surface area (Å²) in [7, 11) is 1.63. The van der Waals surface area contributed by atoms with Gasteiger partial charge in [0.15, 0.2) is 0 Å². The van der Waals surface area contributed by atoms with Crippen LogP contribution in [0.5, 0.6) is 0 Å². The van der Waals surface area contributed by atoms with Gasteiger partial charge in [0.2, 0.25) is 5.82 Å². The number of rotatable bonds is 4. The van der Waals surface area contributed by atoms with Crippen molar-refractivity contribution in [2.24, 2.45) is 7.05 Å². The van der Waals surface area contributed by atoms with E-state index in [2.05, 4.69) is 10.4 Å². The highest BCUT2D eigenvalue weighted by Gasteiger charge is 2.31. The third-order valence-corrected chi connectivity index (χ3v) is 2.86. The van der Waals surface area contributed by atoms with Crippen LogP contribution >= 0.6 is 0 Å². The molecule has 17 heavy (non-hydrogen) atoms. The van der Waals surface area contributed by atoms with Gasteiger partial charge >= 0.3 is 5.69 Å². The maximum absolute atomic E-state index is 11.0. The van der Waals surface area contributed by atoms with Crippen LogP contribution < -0.4 is 5.32 Å². The van der Waals surface area contributed by atoms with Crippen molar-refractivity contribution in [3.8, 4) is 0 Å². The van der Waals surface area contributed by atoms with Crippen LogP contribution in [0.3, 0.4) is 0 Å². The Morgan fingerprint density at radius 1 is 1.59 bits per heavy atom. The number of nitro groups is 1. The average molecular weight is 242 g/mol. The van der Waals surface area contributed by atoms with Crippen LogP contribution in [0.1, 0.15) is 26.5 Å². The maximum atomic E-state index is 11.0. The van der Waals surface area contributed by atoms with Crippen LogP contribution in [0.4, 0.5) is 11.5 Å². The lowest BCUT2D eigenvalue weighted by molar-refractivity contribution is -0.384. The van der Waals surface area contributed by atoms with Gasteiger partial charge in [-0.05, 0) is 27.7 Å². The monoisotopic (exact) mass is 242 g/mol. The minimum absolute atomic E-state index is 0.0544. The summed E-state index contributed by atoms with van der Waals surface area (Å²) in [6, 6.07) is 0. The lowest BCUT2D eigenvalue weighted by atomic mass is 9.99. The zero-order valence-corrected chi connectivity index (χ0v) is 10.7. The molecule has 7 heteroatoms. The van der Waals surface area contributed by atoms with Crippen molar-refractivity contribution in [2.75, 3.05) is 5.32 Å². The molecular weight excluding hydrogens is 224 g/mol. The molecule has 96 valence electrons. The molecule has 1 unspecified atom stereocenters. The standard InChI is InChI=1S/C10H18N4O3/c1-6-8(14(16)17)9(13(5)12-6)11-10(3,4)7(2)15/h7,11,15H,1-5H3. The molecule has 1 atom stereocenters. The summed E-state index contributed by atoms with van der Waals surface area (Å²) >= 11 is 0. The molecule has 0 aliphatic heterocycles.